The predicted molar refractivity (Wildman–Crippen MR) is 42.4 cm³/mol. The lowest BCUT2D eigenvalue weighted by molar-refractivity contribution is -0.137. The van der Waals surface area contributed by atoms with Crippen LogP contribution in [0.25, 0.3) is 0 Å². The first kappa shape index (κ1) is 8.73. The zero-order valence-corrected chi connectivity index (χ0v) is 6.77. The predicted octanol–water partition coefficient (Wildman–Crippen LogP) is -0.105. The fourth-order valence-corrected chi connectivity index (χ4v) is 1.01. The van der Waals surface area contributed by atoms with Gasteiger partial charge in [-0.05, 0) is 0 Å². The van der Waals surface area contributed by atoms with Crippen LogP contribution in [0, 0.1) is 0 Å². The Balaban J connectivity index is 2.71. The van der Waals surface area contributed by atoms with E-state index in [2.05, 4.69) is 4.98 Å². The second-order valence-electron chi connectivity index (χ2n) is 2.60. The largest absolute Gasteiger partial charge is 0.481 e. The lowest BCUT2D eigenvalue weighted by Gasteiger charge is -2.07. The molecule has 5 heteroatoms. The highest BCUT2D eigenvalue weighted by molar-refractivity contribution is 5.67. The molecule has 1 rings (SSSR count). The van der Waals surface area contributed by atoms with Gasteiger partial charge in [0.15, 0.2) is 0 Å². The van der Waals surface area contributed by atoms with E-state index in [4.69, 9.17) is 10.8 Å². The van der Waals surface area contributed by atoms with Crippen molar-refractivity contribution in [3.8, 4) is 0 Å². The topological polar surface area (TPSA) is 81.1 Å². The van der Waals surface area contributed by atoms with Crippen molar-refractivity contribution in [3.05, 3.63) is 18.2 Å². The molecule has 0 aromatic carbocycles. The average molecular weight is 169 g/mol. The molecule has 1 aromatic heterocycles. The molecule has 0 saturated heterocycles. The van der Waals surface area contributed by atoms with Crippen molar-refractivity contribution in [1.29, 1.82) is 0 Å². The van der Waals surface area contributed by atoms with Crippen LogP contribution in [0.4, 0.5) is 0 Å². The molecule has 1 heterocycles. The van der Waals surface area contributed by atoms with Gasteiger partial charge < -0.3 is 15.4 Å². The van der Waals surface area contributed by atoms with E-state index in [1.165, 1.54) is 0 Å². The minimum absolute atomic E-state index is 0.0924. The van der Waals surface area contributed by atoms with Crippen LogP contribution in [0.3, 0.4) is 0 Å². The Kier molecular flexibility index (Phi) is 2.44. The maximum absolute atomic E-state index is 10.3. The number of nitrogens with two attached hydrogens (primary N) is 1. The van der Waals surface area contributed by atoms with E-state index in [0.29, 0.717) is 5.82 Å². The number of aryl methyl sites for hydroxylation is 1. The third-order valence-corrected chi connectivity index (χ3v) is 1.58. The smallest absolute Gasteiger partial charge is 0.305 e. The third kappa shape index (κ3) is 1.82. The van der Waals surface area contributed by atoms with Crippen molar-refractivity contribution in [2.24, 2.45) is 12.8 Å². The number of rotatable bonds is 3. The number of carboxylic acid groups (broad SMARTS) is 1. The Hall–Kier alpha value is -1.36. The Morgan fingerprint density at radius 3 is 3.00 bits per heavy atom. The van der Waals surface area contributed by atoms with E-state index in [1.807, 2.05) is 0 Å². The summed E-state index contributed by atoms with van der Waals surface area (Å²) >= 11 is 0. The maximum Gasteiger partial charge on any atom is 0.305 e. The Morgan fingerprint density at radius 1 is 1.92 bits per heavy atom. The molecule has 0 bridgehead atoms. The normalized spacial score (nSPS) is 12.8. The molecule has 5 nitrogen and oxygen atoms in total. The van der Waals surface area contributed by atoms with Gasteiger partial charge in [-0.1, -0.05) is 0 Å². The average Bonchev–Trinajstić information content (AvgIpc) is 2.33. The van der Waals surface area contributed by atoms with Gasteiger partial charge in [0.1, 0.15) is 5.82 Å². The van der Waals surface area contributed by atoms with Crippen LogP contribution < -0.4 is 5.73 Å². The van der Waals surface area contributed by atoms with Crippen molar-refractivity contribution in [1.82, 2.24) is 9.55 Å². The van der Waals surface area contributed by atoms with Gasteiger partial charge in [-0.2, -0.15) is 0 Å². The molecule has 0 aliphatic rings. The van der Waals surface area contributed by atoms with E-state index in [0.717, 1.165) is 0 Å². The van der Waals surface area contributed by atoms with Crippen molar-refractivity contribution in [2.45, 2.75) is 12.5 Å². The van der Waals surface area contributed by atoms with Crippen molar-refractivity contribution in [2.75, 3.05) is 0 Å². The van der Waals surface area contributed by atoms with E-state index in [9.17, 15) is 4.79 Å². The van der Waals surface area contributed by atoms with Crippen molar-refractivity contribution < 1.29 is 9.90 Å². The van der Waals surface area contributed by atoms with Crippen molar-refractivity contribution in [3.63, 3.8) is 0 Å². The summed E-state index contributed by atoms with van der Waals surface area (Å²) in [4.78, 5) is 14.2. The van der Waals surface area contributed by atoms with Crippen LogP contribution in [0.5, 0.6) is 0 Å². The summed E-state index contributed by atoms with van der Waals surface area (Å²) in [6, 6.07) is -0.525. The Labute approximate surface area is 69.8 Å². The summed E-state index contributed by atoms with van der Waals surface area (Å²) in [5.74, 6) is -0.317. The molecular formula is C7H11N3O2. The van der Waals surface area contributed by atoms with Gasteiger partial charge in [-0.25, -0.2) is 4.98 Å². The van der Waals surface area contributed by atoms with Gasteiger partial charge in [0.25, 0.3) is 0 Å². The van der Waals surface area contributed by atoms with Gasteiger partial charge in [0, 0.05) is 19.4 Å². The molecule has 1 atom stereocenters. The summed E-state index contributed by atoms with van der Waals surface area (Å²) in [6.07, 6.45) is 3.24. The standard InChI is InChI=1S/C7H11N3O2/c1-10-3-2-9-7(10)5(8)4-6(11)12/h2-3,5H,4,8H2,1H3,(H,11,12)/t5-/m0/s1. The molecule has 66 valence electrons. The Morgan fingerprint density at radius 2 is 2.58 bits per heavy atom. The molecule has 0 unspecified atom stereocenters. The first-order valence-corrected chi connectivity index (χ1v) is 3.56. The third-order valence-electron chi connectivity index (χ3n) is 1.58. The van der Waals surface area contributed by atoms with Crippen LogP contribution in [0.15, 0.2) is 12.4 Å². The molecule has 1 aromatic rings. The van der Waals surface area contributed by atoms with Gasteiger partial charge in [0.05, 0.1) is 12.5 Å². The minimum atomic E-state index is -0.912. The summed E-state index contributed by atoms with van der Waals surface area (Å²) < 4.78 is 1.72. The highest BCUT2D eigenvalue weighted by atomic mass is 16.4. The molecule has 12 heavy (non-hydrogen) atoms. The number of nitrogens with zero attached hydrogens (tertiary/aromatic N) is 2. The van der Waals surface area contributed by atoms with Crippen LogP contribution in [-0.4, -0.2) is 20.6 Å². The van der Waals surface area contributed by atoms with E-state index < -0.39 is 12.0 Å². The summed E-state index contributed by atoms with van der Waals surface area (Å²) in [6.45, 7) is 0. The molecule has 0 radical (unpaired) electrons. The number of hydrogen-bond donors (Lipinski definition) is 2. The molecular weight excluding hydrogens is 158 g/mol. The summed E-state index contributed by atoms with van der Waals surface area (Å²) in [7, 11) is 1.78. The monoisotopic (exact) mass is 169 g/mol. The lowest BCUT2D eigenvalue weighted by atomic mass is 10.2. The zero-order valence-electron chi connectivity index (χ0n) is 6.77. The molecule has 0 spiro atoms. The highest BCUT2D eigenvalue weighted by Gasteiger charge is 2.13. The summed E-state index contributed by atoms with van der Waals surface area (Å²) in [5.41, 5.74) is 5.58. The SMILES string of the molecule is Cn1ccnc1[C@@H](N)CC(=O)O. The number of aliphatic carboxylic acids is 1. The number of hydrogen-bond acceptors (Lipinski definition) is 3. The molecule has 0 aliphatic carbocycles. The zero-order chi connectivity index (χ0) is 9.14. The fraction of sp³-hybridized carbons (Fsp3) is 0.429. The number of carbonyl (C=O) groups is 1. The van der Waals surface area contributed by atoms with Crippen LogP contribution in [0.1, 0.15) is 18.3 Å². The first-order chi connectivity index (χ1) is 5.61. The second-order valence-corrected chi connectivity index (χ2v) is 2.60. The lowest BCUT2D eigenvalue weighted by Crippen LogP contribution is -2.18. The fourth-order valence-electron chi connectivity index (χ4n) is 1.01. The minimum Gasteiger partial charge on any atom is -0.481 e. The van der Waals surface area contributed by atoms with Crippen LogP contribution in [0.2, 0.25) is 0 Å². The van der Waals surface area contributed by atoms with Crippen LogP contribution in [-0.2, 0) is 11.8 Å². The van der Waals surface area contributed by atoms with E-state index >= 15 is 0 Å². The second kappa shape index (κ2) is 3.36. The molecule has 0 saturated carbocycles. The molecule has 0 aliphatic heterocycles. The van der Waals surface area contributed by atoms with E-state index in [1.54, 1.807) is 24.0 Å². The number of imidazole rings is 1. The molecule has 0 amide bonds. The maximum atomic E-state index is 10.3. The highest BCUT2D eigenvalue weighted by Crippen LogP contribution is 2.09. The van der Waals surface area contributed by atoms with Crippen molar-refractivity contribution >= 4 is 5.97 Å². The van der Waals surface area contributed by atoms with Crippen LogP contribution >= 0.6 is 0 Å². The summed E-state index contributed by atoms with van der Waals surface area (Å²) in [5, 5.41) is 8.46. The van der Waals surface area contributed by atoms with Gasteiger partial charge >= 0.3 is 5.97 Å². The quantitative estimate of drug-likeness (QED) is 0.661. The number of aromatic nitrogens is 2. The van der Waals surface area contributed by atoms with E-state index in [-0.39, 0.29) is 6.42 Å². The van der Waals surface area contributed by atoms with Gasteiger partial charge in [-0.3, -0.25) is 4.79 Å². The molecule has 3 N–H and O–H groups in total. The van der Waals surface area contributed by atoms with Gasteiger partial charge in [0.2, 0.25) is 0 Å². The molecule has 0 fully saturated rings. The first-order valence-electron chi connectivity index (χ1n) is 3.56. The Bertz CT molecular complexity index is 282. The number of carboxylic acids is 1. The van der Waals surface area contributed by atoms with Gasteiger partial charge in [-0.15, -0.1) is 0 Å².